The van der Waals surface area contributed by atoms with Crippen LogP contribution in [0.5, 0.6) is 0 Å². The molecule has 12 heteroatoms. The van der Waals surface area contributed by atoms with Crippen LogP contribution in [0.1, 0.15) is 17.0 Å². The summed E-state index contributed by atoms with van der Waals surface area (Å²) < 4.78 is 66.2. The summed E-state index contributed by atoms with van der Waals surface area (Å²) in [5, 5.41) is 2.99. The number of sulfonamides is 1. The number of nitrogens with one attached hydrogen (secondary N) is 2. The summed E-state index contributed by atoms with van der Waals surface area (Å²) in [6.45, 7) is 2.17. The van der Waals surface area contributed by atoms with E-state index in [1.165, 1.54) is 6.33 Å². The molecule has 1 aromatic carbocycles. The third-order valence-electron chi connectivity index (χ3n) is 4.12. The van der Waals surface area contributed by atoms with Gasteiger partial charge in [0.15, 0.2) is 0 Å². The van der Waals surface area contributed by atoms with Gasteiger partial charge in [0.25, 0.3) is 0 Å². The van der Waals surface area contributed by atoms with Crippen LogP contribution in [-0.2, 0) is 22.0 Å². The van der Waals surface area contributed by atoms with E-state index in [2.05, 4.69) is 25.0 Å². The molecular formula is C18H19F3N6O2S. The van der Waals surface area contributed by atoms with Gasteiger partial charge in [0.1, 0.15) is 23.8 Å². The van der Waals surface area contributed by atoms with E-state index < -0.39 is 27.5 Å². The summed E-state index contributed by atoms with van der Waals surface area (Å²) in [5.74, 6) is 1.47. The molecule has 3 rings (SSSR count). The largest absolute Gasteiger partial charge is 0.416 e. The molecule has 160 valence electrons. The molecule has 0 aliphatic rings. The number of halogens is 3. The second kappa shape index (κ2) is 8.79. The Morgan fingerprint density at radius 3 is 2.43 bits per heavy atom. The lowest BCUT2D eigenvalue weighted by atomic mass is 10.1. The quantitative estimate of drug-likeness (QED) is 0.522. The number of imidazole rings is 1. The average molecular weight is 440 g/mol. The number of nitrogens with zero attached hydrogens (tertiary/aromatic N) is 4. The minimum absolute atomic E-state index is 0.0758. The number of aryl methyl sites for hydroxylation is 1. The molecular weight excluding hydrogens is 421 g/mol. The molecule has 0 saturated carbocycles. The smallest absolute Gasteiger partial charge is 0.369 e. The molecule has 2 N–H and O–H groups in total. The van der Waals surface area contributed by atoms with Gasteiger partial charge < -0.3 is 5.32 Å². The minimum Gasteiger partial charge on any atom is -0.369 e. The number of hydrogen-bond acceptors (Lipinski definition) is 6. The Labute approximate surface area is 171 Å². The molecule has 0 aliphatic heterocycles. The van der Waals surface area contributed by atoms with Crippen molar-refractivity contribution in [3.05, 3.63) is 66.0 Å². The van der Waals surface area contributed by atoms with Gasteiger partial charge >= 0.3 is 6.18 Å². The molecule has 0 aliphatic carbocycles. The molecule has 0 radical (unpaired) electrons. The number of anilines is 1. The average Bonchev–Trinajstić information content (AvgIpc) is 3.11. The molecule has 0 fully saturated rings. The Bertz CT molecular complexity index is 1100. The minimum atomic E-state index is -4.46. The number of rotatable bonds is 8. The van der Waals surface area contributed by atoms with Gasteiger partial charge in [0, 0.05) is 31.5 Å². The lowest BCUT2D eigenvalue weighted by Gasteiger charge is -2.10. The summed E-state index contributed by atoms with van der Waals surface area (Å²) in [6.07, 6.45) is 0.331. The lowest BCUT2D eigenvalue weighted by Crippen LogP contribution is -2.30. The fourth-order valence-corrected chi connectivity index (χ4v) is 3.80. The van der Waals surface area contributed by atoms with Crippen molar-refractivity contribution in [3.63, 3.8) is 0 Å². The Hall–Kier alpha value is -2.99. The van der Waals surface area contributed by atoms with Gasteiger partial charge in [-0.15, -0.1) is 0 Å². The van der Waals surface area contributed by atoms with E-state index >= 15 is 0 Å². The van der Waals surface area contributed by atoms with E-state index in [1.54, 1.807) is 23.0 Å². The Kier molecular flexibility index (Phi) is 6.37. The normalized spacial score (nSPS) is 12.1. The van der Waals surface area contributed by atoms with Gasteiger partial charge in [0.2, 0.25) is 10.0 Å². The zero-order valence-electron chi connectivity index (χ0n) is 15.9. The maximum Gasteiger partial charge on any atom is 0.416 e. The number of aromatic nitrogens is 4. The molecule has 0 atom stereocenters. The van der Waals surface area contributed by atoms with Crippen molar-refractivity contribution < 1.29 is 21.6 Å². The predicted octanol–water partition coefficient (Wildman–Crippen LogP) is 2.52. The molecule has 0 amide bonds. The molecule has 3 aromatic rings. The standard InChI is InChI=1S/C18H19F3N6O2S/c1-13-22-8-9-27(13)17-10-16(24-12-25-17)23-6-7-26-30(28,29)11-14-2-4-15(5-3-14)18(19,20)21/h2-5,8-10,12,26H,6-7,11H2,1H3,(H,23,24,25). The van der Waals surface area contributed by atoms with E-state index in [0.717, 1.165) is 30.1 Å². The SMILES string of the molecule is Cc1nccn1-c1cc(NCCNS(=O)(=O)Cc2ccc(C(F)(F)F)cc2)ncn1. The highest BCUT2D eigenvalue weighted by atomic mass is 32.2. The highest BCUT2D eigenvalue weighted by molar-refractivity contribution is 7.88. The zero-order valence-corrected chi connectivity index (χ0v) is 16.7. The molecule has 0 spiro atoms. The van der Waals surface area contributed by atoms with Gasteiger partial charge in [-0.1, -0.05) is 12.1 Å². The van der Waals surface area contributed by atoms with Gasteiger partial charge in [-0.05, 0) is 24.6 Å². The van der Waals surface area contributed by atoms with Crippen molar-refractivity contribution in [2.45, 2.75) is 18.9 Å². The van der Waals surface area contributed by atoms with E-state index in [1.807, 2.05) is 6.92 Å². The first kappa shape index (κ1) is 21.7. The first-order valence-corrected chi connectivity index (χ1v) is 10.5. The lowest BCUT2D eigenvalue weighted by molar-refractivity contribution is -0.137. The van der Waals surface area contributed by atoms with Crippen molar-refractivity contribution in [1.82, 2.24) is 24.2 Å². The van der Waals surface area contributed by atoms with Gasteiger partial charge in [0.05, 0.1) is 11.3 Å². The molecule has 8 nitrogen and oxygen atoms in total. The van der Waals surface area contributed by atoms with E-state index in [0.29, 0.717) is 11.6 Å². The summed E-state index contributed by atoms with van der Waals surface area (Å²) in [4.78, 5) is 12.4. The number of benzene rings is 1. The van der Waals surface area contributed by atoms with E-state index in [4.69, 9.17) is 0 Å². The van der Waals surface area contributed by atoms with Crippen LogP contribution in [0.4, 0.5) is 19.0 Å². The Morgan fingerprint density at radius 1 is 1.07 bits per heavy atom. The van der Waals surface area contributed by atoms with Crippen LogP contribution in [0.15, 0.2) is 49.1 Å². The van der Waals surface area contributed by atoms with Crippen LogP contribution in [0.2, 0.25) is 0 Å². The van der Waals surface area contributed by atoms with Gasteiger partial charge in [-0.3, -0.25) is 4.57 Å². The third kappa shape index (κ3) is 5.76. The van der Waals surface area contributed by atoms with Crippen molar-refractivity contribution in [2.24, 2.45) is 0 Å². The number of hydrogen-bond donors (Lipinski definition) is 2. The maximum absolute atomic E-state index is 12.6. The highest BCUT2D eigenvalue weighted by Gasteiger charge is 2.30. The molecule has 30 heavy (non-hydrogen) atoms. The number of alkyl halides is 3. The van der Waals surface area contributed by atoms with E-state index in [9.17, 15) is 21.6 Å². The van der Waals surface area contributed by atoms with Crippen LogP contribution < -0.4 is 10.0 Å². The Balaban J connectivity index is 1.51. The van der Waals surface area contributed by atoms with Crippen LogP contribution >= 0.6 is 0 Å². The first-order chi connectivity index (χ1) is 14.1. The molecule has 0 saturated heterocycles. The monoisotopic (exact) mass is 440 g/mol. The summed E-state index contributed by atoms with van der Waals surface area (Å²) in [6, 6.07) is 5.73. The zero-order chi connectivity index (χ0) is 21.8. The molecule has 2 heterocycles. The summed E-state index contributed by atoms with van der Waals surface area (Å²) in [5.41, 5.74) is -0.560. The molecule has 2 aromatic heterocycles. The van der Waals surface area contributed by atoms with Crippen LogP contribution in [0, 0.1) is 6.92 Å². The first-order valence-electron chi connectivity index (χ1n) is 8.84. The summed E-state index contributed by atoms with van der Waals surface area (Å²) >= 11 is 0. The topological polar surface area (TPSA) is 102 Å². The van der Waals surface area contributed by atoms with Crippen molar-refractivity contribution >= 4 is 15.8 Å². The van der Waals surface area contributed by atoms with Crippen LogP contribution in [-0.4, -0.2) is 41.0 Å². The van der Waals surface area contributed by atoms with Crippen molar-refractivity contribution in [1.29, 1.82) is 0 Å². The maximum atomic E-state index is 12.6. The summed E-state index contributed by atoms with van der Waals surface area (Å²) in [7, 11) is -3.70. The van der Waals surface area contributed by atoms with Crippen LogP contribution in [0.3, 0.4) is 0 Å². The highest BCUT2D eigenvalue weighted by Crippen LogP contribution is 2.29. The van der Waals surface area contributed by atoms with E-state index in [-0.39, 0.29) is 18.7 Å². The fraction of sp³-hybridized carbons (Fsp3) is 0.278. The fourth-order valence-electron chi connectivity index (χ4n) is 2.65. The molecule has 0 unspecified atom stereocenters. The third-order valence-corrected chi connectivity index (χ3v) is 5.47. The second-order valence-electron chi connectivity index (χ2n) is 6.38. The van der Waals surface area contributed by atoms with Gasteiger partial charge in [-0.25, -0.2) is 28.1 Å². The van der Waals surface area contributed by atoms with Crippen LogP contribution in [0.25, 0.3) is 5.82 Å². The van der Waals surface area contributed by atoms with Gasteiger partial charge in [-0.2, -0.15) is 13.2 Å². The van der Waals surface area contributed by atoms with Crippen molar-refractivity contribution in [3.8, 4) is 5.82 Å². The predicted molar refractivity (Wildman–Crippen MR) is 104 cm³/mol. The van der Waals surface area contributed by atoms with Crippen molar-refractivity contribution in [2.75, 3.05) is 18.4 Å². The Morgan fingerprint density at radius 2 is 1.80 bits per heavy atom. The molecule has 0 bridgehead atoms. The second-order valence-corrected chi connectivity index (χ2v) is 8.19.